The van der Waals surface area contributed by atoms with Crippen LogP contribution in [0.3, 0.4) is 0 Å². The molecule has 1 unspecified atom stereocenters. The molecule has 0 radical (unpaired) electrons. The van der Waals surface area contributed by atoms with Gasteiger partial charge in [-0.2, -0.15) is 0 Å². The minimum Gasteiger partial charge on any atom is -0.394 e. The zero-order valence-electron chi connectivity index (χ0n) is 6.17. The van der Waals surface area contributed by atoms with Crippen molar-refractivity contribution in [3.05, 3.63) is 0 Å². The first-order valence-corrected chi connectivity index (χ1v) is 3.52. The van der Waals surface area contributed by atoms with Crippen LogP contribution >= 0.6 is 0 Å². The molecule has 5 atom stereocenters. The first-order chi connectivity index (χ1) is 5.57. The van der Waals surface area contributed by atoms with Gasteiger partial charge in [-0.15, -0.1) is 0 Å². The summed E-state index contributed by atoms with van der Waals surface area (Å²) in [6.07, 6.45) is -8.19. The Labute approximate surface area is 68.0 Å². The van der Waals surface area contributed by atoms with E-state index in [1.54, 1.807) is 0 Å². The summed E-state index contributed by atoms with van der Waals surface area (Å²) in [6, 6.07) is 0. The van der Waals surface area contributed by atoms with Crippen molar-refractivity contribution in [2.24, 2.45) is 0 Å². The van der Waals surface area contributed by atoms with Gasteiger partial charge >= 0.3 is 0 Å². The lowest BCUT2D eigenvalue weighted by Gasteiger charge is -2.36. The maximum atomic E-state index is 12.7. The Bertz CT molecular complexity index is 150. The molecular formula is C6H11FO5. The molecule has 1 saturated heterocycles. The highest BCUT2D eigenvalue weighted by Gasteiger charge is 2.43. The minimum absolute atomic E-state index is 0.581. The van der Waals surface area contributed by atoms with E-state index in [2.05, 4.69) is 4.74 Å². The lowest BCUT2D eigenvalue weighted by atomic mass is 10.0. The van der Waals surface area contributed by atoms with E-state index in [9.17, 15) is 4.39 Å². The van der Waals surface area contributed by atoms with E-state index in [-0.39, 0.29) is 0 Å². The van der Waals surface area contributed by atoms with Gasteiger partial charge in [0.1, 0.15) is 18.3 Å². The molecule has 0 bridgehead atoms. The van der Waals surface area contributed by atoms with E-state index >= 15 is 0 Å². The fourth-order valence-corrected chi connectivity index (χ4v) is 1.06. The van der Waals surface area contributed by atoms with Crippen molar-refractivity contribution in [3.8, 4) is 0 Å². The molecule has 6 heteroatoms. The smallest absolute Gasteiger partial charge is 0.189 e. The highest BCUT2D eigenvalue weighted by Crippen LogP contribution is 2.21. The van der Waals surface area contributed by atoms with E-state index < -0.39 is 37.4 Å². The SMILES string of the molecule is OC[C@H]1OC(O)[C@H]([18F])[C@@H](O)[C@H]1O. The first kappa shape index (κ1) is 9.82. The standard InChI is InChI=1S/C6H11FO5/c7-3-5(10)4(9)2(1-8)12-6(3)11/h2-6,8-11H,1H2/t2-,3-,4+,5-,6?/m1/s1/i7-1. The molecule has 1 rings (SSSR count). The second kappa shape index (κ2) is 3.63. The largest absolute Gasteiger partial charge is 0.394 e. The minimum atomic E-state index is -2.04. The molecule has 4 N–H and O–H groups in total. The van der Waals surface area contributed by atoms with Gasteiger partial charge < -0.3 is 25.2 Å². The third kappa shape index (κ3) is 1.57. The van der Waals surface area contributed by atoms with E-state index in [0.717, 1.165) is 0 Å². The molecule has 0 aromatic heterocycles. The zero-order chi connectivity index (χ0) is 9.30. The van der Waals surface area contributed by atoms with Crippen LogP contribution in [0.15, 0.2) is 0 Å². The van der Waals surface area contributed by atoms with Gasteiger partial charge in [0.2, 0.25) is 0 Å². The Kier molecular flexibility index (Phi) is 2.97. The number of alkyl halides is 1. The molecule has 5 nitrogen and oxygen atoms in total. The van der Waals surface area contributed by atoms with Crippen LogP contribution < -0.4 is 0 Å². The Balaban J connectivity index is 2.63. The second-order valence-electron chi connectivity index (χ2n) is 2.67. The summed E-state index contributed by atoms with van der Waals surface area (Å²) in [4.78, 5) is 0. The number of rotatable bonds is 1. The molecule has 1 fully saturated rings. The summed E-state index contributed by atoms with van der Waals surface area (Å²) in [5.41, 5.74) is 0. The summed E-state index contributed by atoms with van der Waals surface area (Å²) in [5, 5.41) is 35.3. The third-order valence-electron chi connectivity index (χ3n) is 1.82. The summed E-state index contributed by atoms with van der Waals surface area (Å²) < 4.78 is 17.1. The highest BCUT2D eigenvalue weighted by molar-refractivity contribution is 4.88. The summed E-state index contributed by atoms with van der Waals surface area (Å²) in [7, 11) is 0. The fraction of sp³-hybridized carbons (Fsp3) is 1.00. The molecule has 0 saturated carbocycles. The molecule has 1 aliphatic rings. The van der Waals surface area contributed by atoms with Crippen molar-refractivity contribution >= 4 is 0 Å². The quantitative estimate of drug-likeness (QED) is 0.367. The van der Waals surface area contributed by atoms with Gasteiger partial charge in [0.15, 0.2) is 12.5 Å². The topological polar surface area (TPSA) is 90.2 Å². The molecule has 1 aliphatic heterocycles. The van der Waals surface area contributed by atoms with Crippen LogP contribution in [0.5, 0.6) is 0 Å². The zero-order valence-corrected chi connectivity index (χ0v) is 6.17. The lowest BCUT2D eigenvalue weighted by molar-refractivity contribution is -0.271. The predicted octanol–water partition coefficient (Wildman–Crippen LogP) is -2.24. The van der Waals surface area contributed by atoms with Crippen molar-refractivity contribution in [2.75, 3.05) is 6.61 Å². The Hall–Kier alpha value is -0.270. The van der Waals surface area contributed by atoms with E-state index in [4.69, 9.17) is 20.4 Å². The molecule has 0 amide bonds. The van der Waals surface area contributed by atoms with Crippen LogP contribution in [-0.4, -0.2) is 57.8 Å². The molecule has 12 heavy (non-hydrogen) atoms. The molecule has 0 aromatic carbocycles. The van der Waals surface area contributed by atoms with E-state index in [1.165, 1.54) is 0 Å². The summed E-state index contributed by atoms with van der Waals surface area (Å²) in [6.45, 7) is -0.581. The Morgan fingerprint density at radius 2 is 1.75 bits per heavy atom. The molecular weight excluding hydrogens is 170 g/mol. The van der Waals surface area contributed by atoms with Crippen LogP contribution in [-0.2, 0) is 4.74 Å². The van der Waals surface area contributed by atoms with Crippen molar-refractivity contribution in [3.63, 3.8) is 0 Å². The molecule has 0 spiro atoms. The predicted molar refractivity (Wildman–Crippen MR) is 34.9 cm³/mol. The van der Waals surface area contributed by atoms with Gasteiger partial charge in [-0.1, -0.05) is 0 Å². The average molecular weight is 181 g/mol. The lowest BCUT2D eigenvalue weighted by Crippen LogP contribution is -2.56. The average Bonchev–Trinajstić information content (AvgIpc) is 2.08. The van der Waals surface area contributed by atoms with Crippen LogP contribution in [0.2, 0.25) is 0 Å². The van der Waals surface area contributed by atoms with Crippen molar-refractivity contribution in [2.45, 2.75) is 30.8 Å². The van der Waals surface area contributed by atoms with Crippen LogP contribution in [0.1, 0.15) is 0 Å². The number of hydrogen-bond donors (Lipinski definition) is 4. The second-order valence-corrected chi connectivity index (χ2v) is 2.67. The molecule has 1 heterocycles. The van der Waals surface area contributed by atoms with Crippen LogP contribution in [0, 0.1) is 0 Å². The van der Waals surface area contributed by atoms with Gasteiger partial charge in [-0.05, 0) is 0 Å². The van der Waals surface area contributed by atoms with Crippen molar-refractivity contribution < 1.29 is 29.6 Å². The van der Waals surface area contributed by atoms with Crippen LogP contribution in [0.4, 0.5) is 4.39 Å². The van der Waals surface area contributed by atoms with Gasteiger partial charge in [0, 0.05) is 0 Å². The van der Waals surface area contributed by atoms with Gasteiger partial charge in [0.05, 0.1) is 6.61 Å². The monoisotopic (exact) mass is 181 g/mol. The number of ether oxygens (including phenoxy) is 1. The number of aliphatic hydroxyl groups is 4. The number of aliphatic hydroxyl groups excluding tert-OH is 4. The summed E-state index contributed by atoms with van der Waals surface area (Å²) in [5.74, 6) is 0. The number of hydrogen-bond acceptors (Lipinski definition) is 5. The van der Waals surface area contributed by atoms with Gasteiger partial charge in [-0.25, -0.2) is 4.39 Å². The van der Waals surface area contributed by atoms with Crippen LogP contribution in [0.25, 0.3) is 0 Å². The van der Waals surface area contributed by atoms with E-state index in [0.29, 0.717) is 0 Å². The van der Waals surface area contributed by atoms with E-state index in [1.807, 2.05) is 0 Å². The Morgan fingerprint density at radius 1 is 1.17 bits per heavy atom. The van der Waals surface area contributed by atoms with Gasteiger partial charge in [0.25, 0.3) is 0 Å². The third-order valence-corrected chi connectivity index (χ3v) is 1.82. The van der Waals surface area contributed by atoms with Gasteiger partial charge in [-0.3, -0.25) is 0 Å². The fourth-order valence-electron chi connectivity index (χ4n) is 1.06. The molecule has 72 valence electrons. The highest BCUT2D eigenvalue weighted by atomic mass is 18.2. The summed E-state index contributed by atoms with van der Waals surface area (Å²) >= 11 is 0. The van der Waals surface area contributed by atoms with Crippen molar-refractivity contribution in [1.82, 2.24) is 0 Å². The maximum Gasteiger partial charge on any atom is 0.189 e. The molecule has 0 aromatic rings. The molecule has 0 aliphatic carbocycles. The number of halogens is 1. The maximum absolute atomic E-state index is 12.7. The van der Waals surface area contributed by atoms with Crippen molar-refractivity contribution in [1.29, 1.82) is 0 Å². The first-order valence-electron chi connectivity index (χ1n) is 3.52. The Morgan fingerprint density at radius 3 is 2.25 bits per heavy atom. The normalized spacial score (nSPS) is 49.2.